The van der Waals surface area contributed by atoms with Gasteiger partial charge in [-0.1, -0.05) is 0 Å². The molecule has 0 saturated heterocycles. The molecule has 6 heteroatoms. The molecule has 1 aromatic heterocycles. The Morgan fingerprint density at radius 3 is 2.75 bits per heavy atom. The fraction of sp³-hybridized carbons (Fsp3) is 0.500. The topological polar surface area (TPSA) is 83.6 Å². The molecule has 0 unspecified atom stereocenters. The number of carboxylic acids is 1. The lowest BCUT2D eigenvalue weighted by molar-refractivity contribution is -0.138. The first-order valence-electron chi connectivity index (χ1n) is 4.86. The predicted octanol–water partition coefficient (Wildman–Crippen LogP) is 0.459. The second-order valence-corrected chi connectivity index (χ2v) is 3.52. The minimum Gasteiger partial charge on any atom is -0.481 e. The summed E-state index contributed by atoms with van der Waals surface area (Å²) < 4.78 is 5.04. The second kappa shape index (κ2) is 5.29. The Hall–Kier alpha value is -1.85. The van der Waals surface area contributed by atoms with Gasteiger partial charge in [-0.2, -0.15) is 0 Å². The Balaban J connectivity index is 2.42. The number of nitrogens with zero attached hydrogens (tertiary/aromatic N) is 2. The molecule has 1 aromatic rings. The molecule has 0 atom stereocenters. The van der Waals surface area contributed by atoms with Crippen molar-refractivity contribution in [2.45, 2.75) is 19.8 Å². The first-order valence-corrected chi connectivity index (χ1v) is 4.86. The Morgan fingerprint density at radius 1 is 1.56 bits per heavy atom. The molecule has 0 aliphatic carbocycles. The van der Waals surface area contributed by atoms with Crippen molar-refractivity contribution in [1.29, 1.82) is 0 Å². The van der Waals surface area contributed by atoms with Crippen LogP contribution in [-0.4, -0.2) is 40.5 Å². The van der Waals surface area contributed by atoms with Gasteiger partial charge in [0.1, 0.15) is 12.7 Å². The van der Waals surface area contributed by atoms with Gasteiger partial charge >= 0.3 is 5.97 Å². The van der Waals surface area contributed by atoms with E-state index in [0.29, 0.717) is 5.89 Å². The first kappa shape index (κ1) is 12.2. The van der Waals surface area contributed by atoms with Gasteiger partial charge in [0.05, 0.1) is 12.1 Å². The van der Waals surface area contributed by atoms with Gasteiger partial charge in [-0.25, -0.2) is 4.98 Å². The molecule has 1 amide bonds. The van der Waals surface area contributed by atoms with Gasteiger partial charge in [-0.3, -0.25) is 9.59 Å². The van der Waals surface area contributed by atoms with Gasteiger partial charge < -0.3 is 14.4 Å². The summed E-state index contributed by atoms with van der Waals surface area (Å²) in [6.07, 6.45) is 1.47. The van der Waals surface area contributed by atoms with Gasteiger partial charge in [-0.15, -0.1) is 0 Å². The van der Waals surface area contributed by atoms with Crippen LogP contribution in [0.4, 0.5) is 0 Å². The van der Waals surface area contributed by atoms with Gasteiger partial charge in [0.15, 0.2) is 0 Å². The van der Waals surface area contributed by atoms with E-state index in [0.717, 1.165) is 5.69 Å². The van der Waals surface area contributed by atoms with Crippen LogP contribution in [0.2, 0.25) is 0 Å². The highest BCUT2D eigenvalue weighted by molar-refractivity contribution is 5.78. The smallest absolute Gasteiger partial charge is 0.305 e. The van der Waals surface area contributed by atoms with E-state index in [1.54, 1.807) is 14.0 Å². The third kappa shape index (κ3) is 3.72. The number of likely N-dealkylation sites (N-methyl/N-ethyl adjacent to an activating group) is 1. The van der Waals surface area contributed by atoms with E-state index in [4.69, 9.17) is 9.52 Å². The van der Waals surface area contributed by atoms with Gasteiger partial charge in [-0.05, 0) is 6.92 Å². The van der Waals surface area contributed by atoms with Crippen molar-refractivity contribution >= 4 is 11.9 Å². The first-order chi connectivity index (χ1) is 7.49. The number of carbonyl (C=O) groups excluding carboxylic acids is 1. The van der Waals surface area contributed by atoms with Crippen molar-refractivity contribution in [2.24, 2.45) is 0 Å². The average Bonchev–Trinajstić information content (AvgIpc) is 2.60. The molecule has 88 valence electrons. The number of carbonyl (C=O) groups is 2. The van der Waals surface area contributed by atoms with Crippen LogP contribution in [-0.2, 0) is 16.0 Å². The predicted molar refractivity (Wildman–Crippen MR) is 54.8 cm³/mol. The monoisotopic (exact) mass is 226 g/mol. The molecule has 16 heavy (non-hydrogen) atoms. The zero-order valence-electron chi connectivity index (χ0n) is 9.27. The molecule has 0 spiro atoms. The second-order valence-electron chi connectivity index (χ2n) is 3.52. The number of hydrogen-bond donors (Lipinski definition) is 1. The standard InChI is InChI=1S/C10H14N2O4/c1-7-6-16-8(11-7)5-9(13)12(2)4-3-10(14)15/h6H,3-5H2,1-2H3,(H,14,15). The summed E-state index contributed by atoms with van der Waals surface area (Å²) in [5.41, 5.74) is 0.719. The third-order valence-corrected chi connectivity index (χ3v) is 2.06. The van der Waals surface area contributed by atoms with Crippen LogP contribution in [0.15, 0.2) is 10.7 Å². The summed E-state index contributed by atoms with van der Waals surface area (Å²) in [7, 11) is 1.56. The molecular weight excluding hydrogens is 212 g/mol. The normalized spacial score (nSPS) is 10.1. The van der Waals surface area contributed by atoms with E-state index in [2.05, 4.69) is 4.98 Å². The van der Waals surface area contributed by atoms with E-state index in [9.17, 15) is 9.59 Å². The maximum absolute atomic E-state index is 11.6. The maximum atomic E-state index is 11.6. The zero-order chi connectivity index (χ0) is 12.1. The lowest BCUT2D eigenvalue weighted by atomic mass is 10.3. The average molecular weight is 226 g/mol. The molecule has 0 aliphatic heterocycles. The van der Waals surface area contributed by atoms with Crippen LogP contribution in [0.25, 0.3) is 0 Å². The molecule has 0 aromatic carbocycles. The maximum Gasteiger partial charge on any atom is 0.305 e. The summed E-state index contributed by atoms with van der Waals surface area (Å²) in [5, 5.41) is 8.47. The molecule has 1 rings (SSSR count). The molecular formula is C10H14N2O4. The molecule has 6 nitrogen and oxygen atoms in total. The van der Waals surface area contributed by atoms with Crippen LogP contribution >= 0.6 is 0 Å². The van der Waals surface area contributed by atoms with Gasteiger partial charge in [0.2, 0.25) is 11.8 Å². The Labute approximate surface area is 92.9 Å². The molecule has 0 bridgehead atoms. The molecule has 0 radical (unpaired) electrons. The Bertz CT molecular complexity index is 386. The van der Waals surface area contributed by atoms with Crippen molar-refractivity contribution < 1.29 is 19.1 Å². The summed E-state index contributed by atoms with van der Waals surface area (Å²) in [4.78, 5) is 27.2. The van der Waals surface area contributed by atoms with Crippen molar-refractivity contribution in [3.05, 3.63) is 17.8 Å². The third-order valence-electron chi connectivity index (χ3n) is 2.06. The van der Waals surface area contributed by atoms with E-state index in [1.807, 2.05) is 0 Å². The number of aromatic nitrogens is 1. The molecule has 0 saturated carbocycles. The highest BCUT2D eigenvalue weighted by atomic mass is 16.4. The Kier molecular flexibility index (Phi) is 4.04. The summed E-state index contributed by atoms with van der Waals surface area (Å²) >= 11 is 0. The number of carboxylic acid groups (broad SMARTS) is 1. The van der Waals surface area contributed by atoms with E-state index >= 15 is 0 Å². The van der Waals surface area contributed by atoms with Crippen LogP contribution in [0.5, 0.6) is 0 Å². The number of aryl methyl sites for hydroxylation is 1. The highest BCUT2D eigenvalue weighted by Gasteiger charge is 2.13. The van der Waals surface area contributed by atoms with E-state index < -0.39 is 5.97 Å². The molecule has 1 N–H and O–H groups in total. The van der Waals surface area contributed by atoms with Gasteiger partial charge in [0, 0.05) is 13.6 Å². The summed E-state index contributed by atoms with van der Waals surface area (Å²) in [6, 6.07) is 0. The highest BCUT2D eigenvalue weighted by Crippen LogP contribution is 2.03. The van der Waals surface area contributed by atoms with Crippen LogP contribution < -0.4 is 0 Å². The number of aliphatic carboxylic acids is 1. The lowest BCUT2D eigenvalue weighted by Crippen LogP contribution is -2.30. The zero-order valence-corrected chi connectivity index (χ0v) is 9.27. The minimum absolute atomic E-state index is 0.0595. The summed E-state index contributed by atoms with van der Waals surface area (Å²) in [5.74, 6) is -0.778. The fourth-order valence-electron chi connectivity index (χ4n) is 1.14. The Morgan fingerprint density at radius 2 is 2.25 bits per heavy atom. The largest absolute Gasteiger partial charge is 0.481 e. The SMILES string of the molecule is Cc1coc(CC(=O)N(C)CCC(=O)O)n1. The van der Waals surface area contributed by atoms with E-state index in [-0.39, 0.29) is 25.3 Å². The number of amides is 1. The van der Waals surface area contributed by atoms with Crippen molar-refractivity contribution in [2.75, 3.05) is 13.6 Å². The number of rotatable bonds is 5. The number of oxazole rings is 1. The lowest BCUT2D eigenvalue weighted by Gasteiger charge is -2.14. The van der Waals surface area contributed by atoms with Crippen molar-refractivity contribution in [3.63, 3.8) is 0 Å². The molecule has 0 fully saturated rings. The van der Waals surface area contributed by atoms with Crippen LogP contribution in [0.1, 0.15) is 18.0 Å². The quantitative estimate of drug-likeness (QED) is 0.788. The molecule has 1 heterocycles. The van der Waals surface area contributed by atoms with Crippen LogP contribution in [0, 0.1) is 6.92 Å². The molecule has 0 aliphatic rings. The van der Waals surface area contributed by atoms with Crippen molar-refractivity contribution in [3.8, 4) is 0 Å². The van der Waals surface area contributed by atoms with Crippen LogP contribution in [0.3, 0.4) is 0 Å². The fourth-order valence-corrected chi connectivity index (χ4v) is 1.14. The van der Waals surface area contributed by atoms with E-state index in [1.165, 1.54) is 11.2 Å². The summed E-state index contributed by atoms with van der Waals surface area (Å²) in [6.45, 7) is 1.96. The van der Waals surface area contributed by atoms with Crippen molar-refractivity contribution in [1.82, 2.24) is 9.88 Å². The minimum atomic E-state index is -0.924. The number of hydrogen-bond acceptors (Lipinski definition) is 4. The van der Waals surface area contributed by atoms with Gasteiger partial charge in [0.25, 0.3) is 0 Å².